The Morgan fingerprint density at radius 3 is 2.43 bits per heavy atom. The van der Waals surface area contributed by atoms with Crippen molar-refractivity contribution < 1.29 is 14.3 Å². The number of carbonyl (C=O) groups excluding carboxylic acids is 1. The standard InChI is InChI=1S/C32H40N2O3/c1-20-14-15-25-26(18-20)36-28(33-30(25,2)3)24-13-9-8-12-23(24)27-32-17-16-22(37-32)19-31(32,4)29(35)34(27)21-10-6-5-7-11-21/h5-13,20,22,25-28,33H,14-19H2,1-4H3/t20-,22+,25-,26-,27+,28+,31-,32+/m1/s1. The Morgan fingerprint density at radius 2 is 1.68 bits per heavy atom. The van der Waals surface area contributed by atoms with Crippen LogP contribution in [0.4, 0.5) is 5.69 Å². The van der Waals surface area contributed by atoms with Gasteiger partial charge in [-0.15, -0.1) is 0 Å². The van der Waals surface area contributed by atoms with Crippen LogP contribution in [0.2, 0.25) is 0 Å². The van der Waals surface area contributed by atoms with E-state index in [4.69, 9.17) is 9.47 Å². The Labute approximate surface area is 220 Å². The molecule has 0 radical (unpaired) electrons. The predicted molar refractivity (Wildman–Crippen MR) is 144 cm³/mol. The number of hydrogen-bond acceptors (Lipinski definition) is 4. The number of amides is 1. The minimum atomic E-state index is -0.521. The van der Waals surface area contributed by atoms with Gasteiger partial charge in [-0.05, 0) is 76.5 Å². The Hall–Kier alpha value is -2.21. The number of fused-ring (bicyclic) bond motifs is 2. The SMILES string of the molecule is C[C@@H]1CC[C@@H]2[C@@H](C1)O[C@@H](c1ccccc1[C@@H]1N(c3ccccc3)C(=O)[C@@]3(C)C[C@@H]4CC[C@]13O4)NC2(C)C. The van der Waals surface area contributed by atoms with E-state index in [1.807, 2.05) is 18.2 Å². The first kappa shape index (κ1) is 23.9. The number of benzene rings is 2. The molecule has 4 heterocycles. The van der Waals surface area contributed by atoms with E-state index in [-0.39, 0.29) is 35.9 Å². The summed E-state index contributed by atoms with van der Waals surface area (Å²) in [6, 6.07) is 18.6. The molecular weight excluding hydrogens is 460 g/mol. The lowest BCUT2D eigenvalue weighted by atomic mass is 9.65. The lowest BCUT2D eigenvalue weighted by Gasteiger charge is -2.52. The zero-order valence-corrected chi connectivity index (χ0v) is 22.6. The highest BCUT2D eigenvalue weighted by Crippen LogP contribution is 2.67. The van der Waals surface area contributed by atoms with Crippen LogP contribution in [0.1, 0.15) is 89.6 Å². The molecule has 2 bridgehead atoms. The first-order valence-corrected chi connectivity index (χ1v) is 14.3. The van der Waals surface area contributed by atoms with Crippen molar-refractivity contribution in [1.29, 1.82) is 0 Å². The third-order valence-corrected chi connectivity index (χ3v) is 10.6. The van der Waals surface area contributed by atoms with Crippen LogP contribution in [0.5, 0.6) is 0 Å². The summed E-state index contributed by atoms with van der Waals surface area (Å²) in [5.74, 6) is 1.39. The van der Waals surface area contributed by atoms with Gasteiger partial charge in [-0.25, -0.2) is 0 Å². The van der Waals surface area contributed by atoms with Gasteiger partial charge in [0, 0.05) is 22.7 Å². The number of para-hydroxylation sites is 1. The topological polar surface area (TPSA) is 50.8 Å². The molecule has 5 aliphatic rings. The molecule has 37 heavy (non-hydrogen) atoms. The van der Waals surface area contributed by atoms with Crippen LogP contribution in [-0.4, -0.2) is 29.3 Å². The van der Waals surface area contributed by atoms with Crippen molar-refractivity contribution in [3.63, 3.8) is 0 Å². The van der Waals surface area contributed by atoms with Crippen LogP contribution in [0.15, 0.2) is 54.6 Å². The predicted octanol–water partition coefficient (Wildman–Crippen LogP) is 6.30. The largest absolute Gasteiger partial charge is 0.368 e. The number of ether oxygens (including phenoxy) is 2. The number of rotatable bonds is 3. The molecule has 1 spiro atoms. The number of nitrogens with one attached hydrogen (secondary N) is 1. The maximum atomic E-state index is 14.3. The number of anilines is 1. The van der Waals surface area contributed by atoms with Gasteiger partial charge in [0.15, 0.2) is 0 Å². The van der Waals surface area contributed by atoms with E-state index in [9.17, 15) is 4.79 Å². The second-order valence-electron chi connectivity index (χ2n) is 13.2. The van der Waals surface area contributed by atoms with E-state index in [1.54, 1.807) is 0 Å². The summed E-state index contributed by atoms with van der Waals surface area (Å²) in [6.07, 6.45) is 6.53. The summed E-state index contributed by atoms with van der Waals surface area (Å²) in [7, 11) is 0. The first-order chi connectivity index (χ1) is 17.7. The minimum absolute atomic E-state index is 0.0272. The van der Waals surface area contributed by atoms with Crippen molar-refractivity contribution in [3.05, 3.63) is 65.7 Å². The van der Waals surface area contributed by atoms with Gasteiger partial charge < -0.3 is 14.4 Å². The van der Waals surface area contributed by atoms with Gasteiger partial charge >= 0.3 is 0 Å². The molecule has 2 aromatic carbocycles. The summed E-state index contributed by atoms with van der Waals surface area (Å²) in [4.78, 5) is 16.3. The molecule has 2 aromatic rings. The number of nitrogens with zero attached hydrogens (tertiary/aromatic N) is 1. The zero-order chi connectivity index (χ0) is 25.6. The third kappa shape index (κ3) is 3.30. The second-order valence-corrected chi connectivity index (χ2v) is 13.2. The highest BCUT2D eigenvalue weighted by molar-refractivity contribution is 6.03. The molecule has 8 atom stereocenters. The van der Waals surface area contributed by atoms with Crippen LogP contribution in [0.3, 0.4) is 0 Å². The smallest absolute Gasteiger partial charge is 0.236 e. The molecule has 4 aliphatic heterocycles. The highest BCUT2D eigenvalue weighted by Gasteiger charge is 2.75. The van der Waals surface area contributed by atoms with E-state index in [1.165, 1.54) is 12.8 Å². The van der Waals surface area contributed by atoms with Gasteiger partial charge in [-0.2, -0.15) is 0 Å². The van der Waals surface area contributed by atoms with Gasteiger partial charge in [0.1, 0.15) is 11.8 Å². The van der Waals surface area contributed by atoms with E-state index < -0.39 is 11.0 Å². The van der Waals surface area contributed by atoms with Gasteiger partial charge in [0.2, 0.25) is 5.91 Å². The highest BCUT2D eigenvalue weighted by atomic mass is 16.5. The van der Waals surface area contributed by atoms with Crippen molar-refractivity contribution in [2.24, 2.45) is 17.3 Å². The molecule has 4 saturated heterocycles. The van der Waals surface area contributed by atoms with Gasteiger partial charge in [0.05, 0.1) is 23.7 Å². The normalized spacial score (nSPS) is 42.1. The zero-order valence-electron chi connectivity index (χ0n) is 22.6. The molecule has 5 nitrogen and oxygen atoms in total. The lowest BCUT2D eigenvalue weighted by molar-refractivity contribution is -0.157. The molecule has 0 unspecified atom stereocenters. The van der Waals surface area contributed by atoms with Crippen LogP contribution in [0, 0.1) is 17.3 Å². The molecule has 0 aromatic heterocycles. The third-order valence-electron chi connectivity index (χ3n) is 10.6. The second kappa shape index (κ2) is 8.14. The summed E-state index contributed by atoms with van der Waals surface area (Å²) in [5.41, 5.74) is 2.18. The van der Waals surface area contributed by atoms with E-state index >= 15 is 0 Å². The van der Waals surface area contributed by atoms with Crippen LogP contribution in [-0.2, 0) is 14.3 Å². The van der Waals surface area contributed by atoms with Crippen LogP contribution >= 0.6 is 0 Å². The molecule has 1 N–H and O–H groups in total. The fourth-order valence-electron chi connectivity index (χ4n) is 8.68. The average Bonchev–Trinajstić information content (AvgIpc) is 3.48. The van der Waals surface area contributed by atoms with E-state index in [0.29, 0.717) is 11.8 Å². The molecule has 196 valence electrons. The Morgan fingerprint density at radius 1 is 0.946 bits per heavy atom. The summed E-state index contributed by atoms with van der Waals surface area (Å²) in [5, 5.41) is 3.90. The van der Waals surface area contributed by atoms with Crippen molar-refractivity contribution in [1.82, 2.24) is 5.32 Å². The van der Waals surface area contributed by atoms with Crippen molar-refractivity contribution in [3.8, 4) is 0 Å². The lowest BCUT2D eigenvalue weighted by Crippen LogP contribution is -2.59. The minimum Gasteiger partial charge on any atom is -0.368 e. The summed E-state index contributed by atoms with van der Waals surface area (Å²) in [6.45, 7) is 9.18. The van der Waals surface area contributed by atoms with E-state index in [2.05, 4.69) is 74.3 Å². The molecular formula is C32H40N2O3. The summed E-state index contributed by atoms with van der Waals surface area (Å²) >= 11 is 0. The van der Waals surface area contributed by atoms with Crippen molar-refractivity contribution >= 4 is 11.6 Å². The molecule has 1 saturated carbocycles. The monoisotopic (exact) mass is 500 g/mol. The molecule has 5 heteroatoms. The van der Waals surface area contributed by atoms with E-state index in [0.717, 1.165) is 42.5 Å². The molecule has 7 rings (SSSR count). The van der Waals surface area contributed by atoms with Gasteiger partial charge in [-0.3, -0.25) is 10.1 Å². The molecule has 1 amide bonds. The van der Waals surface area contributed by atoms with Crippen molar-refractivity contribution in [2.45, 2.75) is 102 Å². The quantitative estimate of drug-likeness (QED) is 0.537. The van der Waals surface area contributed by atoms with Crippen molar-refractivity contribution in [2.75, 3.05) is 4.90 Å². The fourth-order valence-corrected chi connectivity index (χ4v) is 8.68. The average molecular weight is 501 g/mol. The Kier molecular flexibility index (Phi) is 5.25. The maximum Gasteiger partial charge on any atom is 0.236 e. The van der Waals surface area contributed by atoms with Gasteiger partial charge in [-0.1, -0.05) is 55.8 Å². The van der Waals surface area contributed by atoms with Gasteiger partial charge in [0.25, 0.3) is 0 Å². The molecule has 1 aliphatic carbocycles. The first-order valence-electron chi connectivity index (χ1n) is 14.3. The van der Waals surface area contributed by atoms with Crippen LogP contribution < -0.4 is 10.2 Å². The number of hydrogen-bond donors (Lipinski definition) is 1. The maximum absolute atomic E-state index is 14.3. The van der Waals surface area contributed by atoms with Crippen LogP contribution in [0.25, 0.3) is 0 Å². The Bertz CT molecular complexity index is 1210. The molecule has 5 fully saturated rings. The number of carbonyl (C=O) groups is 1. The summed E-state index contributed by atoms with van der Waals surface area (Å²) < 4.78 is 13.7. The fraction of sp³-hybridized carbons (Fsp3) is 0.594. The Balaban J connectivity index is 1.35.